The zero-order valence-electron chi connectivity index (χ0n) is 12.2. The molecule has 0 fully saturated rings. The van der Waals surface area contributed by atoms with Crippen LogP contribution in [0.2, 0.25) is 10.0 Å². The molecule has 0 unspecified atom stereocenters. The standard InChI is InChI=1S/C17H11Cl2NO3S/c18-13-5-2-6-14(19)12(13)8-23-11-4-1-3-10(7-11)16-20-15(9-24-16)17(21)22/h1-7,9H,8H2,(H,21,22). The molecule has 3 rings (SSSR count). The van der Waals surface area contributed by atoms with Crippen LogP contribution in [0.5, 0.6) is 5.75 Å². The summed E-state index contributed by atoms with van der Waals surface area (Å²) in [5, 5.41) is 12.2. The first-order valence-corrected chi connectivity index (χ1v) is 8.53. The Bertz CT molecular complexity index is 875. The van der Waals surface area contributed by atoms with Crippen molar-refractivity contribution in [2.45, 2.75) is 6.61 Å². The lowest BCUT2D eigenvalue weighted by atomic mass is 10.2. The second-order valence-electron chi connectivity index (χ2n) is 4.86. The fourth-order valence-corrected chi connectivity index (χ4v) is 3.35. The largest absolute Gasteiger partial charge is 0.489 e. The number of carboxylic acids is 1. The molecule has 1 aromatic heterocycles. The van der Waals surface area contributed by atoms with Crippen LogP contribution >= 0.6 is 34.5 Å². The first kappa shape index (κ1) is 16.8. The minimum Gasteiger partial charge on any atom is -0.489 e. The van der Waals surface area contributed by atoms with Crippen molar-refractivity contribution in [1.29, 1.82) is 0 Å². The minimum atomic E-state index is -1.04. The van der Waals surface area contributed by atoms with Gasteiger partial charge in [0.15, 0.2) is 5.69 Å². The third kappa shape index (κ3) is 3.70. The van der Waals surface area contributed by atoms with Crippen molar-refractivity contribution < 1.29 is 14.6 Å². The number of halogens is 2. The summed E-state index contributed by atoms with van der Waals surface area (Å²) in [6.07, 6.45) is 0. The van der Waals surface area contributed by atoms with E-state index in [1.165, 1.54) is 16.7 Å². The van der Waals surface area contributed by atoms with Crippen LogP contribution in [0.3, 0.4) is 0 Å². The highest BCUT2D eigenvalue weighted by atomic mass is 35.5. The molecule has 0 amide bonds. The van der Waals surface area contributed by atoms with Crippen molar-refractivity contribution in [3.8, 4) is 16.3 Å². The van der Waals surface area contributed by atoms with E-state index in [0.29, 0.717) is 26.4 Å². The van der Waals surface area contributed by atoms with Gasteiger partial charge in [0, 0.05) is 26.6 Å². The van der Waals surface area contributed by atoms with E-state index in [1.807, 2.05) is 12.1 Å². The average Bonchev–Trinajstić information content (AvgIpc) is 3.05. The lowest BCUT2D eigenvalue weighted by Crippen LogP contribution is -1.98. The molecule has 24 heavy (non-hydrogen) atoms. The number of hydrogen-bond donors (Lipinski definition) is 1. The Morgan fingerprint density at radius 1 is 1.17 bits per heavy atom. The van der Waals surface area contributed by atoms with Gasteiger partial charge in [-0.2, -0.15) is 0 Å². The Kier molecular flexibility index (Phi) is 5.04. The molecule has 3 aromatic rings. The quantitative estimate of drug-likeness (QED) is 0.644. The summed E-state index contributed by atoms with van der Waals surface area (Å²) < 4.78 is 5.76. The van der Waals surface area contributed by atoms with Crippen molar-refractivity contribution in [1.82, 2.24) is 4.98 Å². The molecule has 122 valence electrons. The zero-order valence-corrected chi connectivity index (χ0v) is 14.5. The van der Waals surface area contributed by atoms with Gasteiger partial charge in [-0.3, -0.25) is 0 Å². The fraction of sp³-hybridized carbons (Fsp3) is 0.0588. The SMILES string of the molecule is O=C(O)c1csc(-c2cccc(OCc3c(Cl)cccc3Cl)c2)n1. The number of thiazole rings is 1. The van der Waals surface area contributed by atoms with Gasteiger partial charge in [-0.15, -0.1) is 11.3 Å². The Balaban J connectivity index is 1.79. The van der Waals surface area contributed by atoms with Gasteiger partial charge < -0.3 is 9.84 Å². The van der Waals surface area contributed by atoms with Crippen LogP contribution in [-0.2, 0) is 6.61 Å². The van der Waals surface area contributed by atoms with E-state index in [1.54, 1.807) is 30.3 Å². The molecule has 0 bridgehead atoms. The number of aromatic nitrogens is 1. The van der Waals surface area contributed by atoms with Crippen molar-refractivity contribution in [3.63, 3.8) is 0 Å². The minimum absolute atomic E-state index is 0.0316. The molecule has 0 saturated carbocycles. The van der Waals surface area contributed by atoms with Crippen LogP contribution in [0.4, 0.5) is 0 Å². The van der Waals surface area contributed by atoms with Crippen LogP contribution in [0, 0.1) is 0 Å². The number of hydrogen-bond acceptors (Lipinski definition) is 4. The van der Waals surface area contributed by atoms with Crippen LogP contribution in [0.1, 0.15) is 16.1 Å². The molecule has 0 saturated heterocycles. The summed E-state index contributed by atoms with van der Waals surface area (Å²) in [7, 11) is 0. The van der Waals surface area contributed by atoms with Crippen molar-refractivity contribution in [3.05, 3.63) is 69.1 Å². The summed E-state index contributed by atoms with van der Waals surface area (Å²) in [5.74, 6) is -0.422. The third-order valence-electron chi connectivity index (χ3n) is 3.25. The van der Waals surface area contributed by atoms with E-state index in [4.69, 9.17) is 33.0 Å². The van der Waals surface area contributed by atoms with E-state index in [9.17, 15) is 4.79 Å². The van der Waals surface area contributed by atoms with Crippen LogP contribution in [0.15, 0.2) is 47.8 Å². The summed E-state index contributed by atoms with van der Waals surface area (Å²) >= 11 is 13.5. The Hall–Kier alpha value is -2.08. The van der Waals surface area contributed by atoms with Crippen LogP contribution < -0.4 is 4.74 Å². The normalized spacial score (nSPS) is 10.6. The molecule has 0 aliphatic rings. The summed E-state index contributed by atoms with van der Waals surface area (Å²) in [6.45, 7) is 0.236. The van der Waals surface area contributed by atoms with Gasteiger partial charge in [0.1, 0.15) is 17.4 Å². The van der Waals surface area contributed by atoms with Crippen molar-refractivity contribution in [2.24, 2.45) is 0 Å². The predicted molar refractivity (Wildman–Crippen MR) is 95.3 cm³/mol. The molecule has 0 aliphatic heterocycles. The van der Waals surface area contributed by atoms with E-state index in [0.717, 1.165) is 5.56 Å². The van der Waals surface area contributed by atoms with Gasteiger partial charge in [-0.25, -0.2) is 9.78 Å². The first-order valence-electron chi connectivity index (χ1n) is 6.89. The van der Waals surface area contributed by atoms with Gasteiger partial charge in [0.05, 0.1) is 0 Å². The maximum atomic E-state index is 10.9. The third-order valence-corrected chi connectivity index (χ3v) is 4.85. The van der Waals surface area contributed by atoms with Gasteiger partial charge in [-0.1, -0.05) is 41.4 Å². The van der Waals surface area contributed by atoms with E-state index >= 15 is 0 Å². The number of carbonyl (C=O) groups is 1. The second kappa shape index (κ2) is 7.21. The first-order chi connectivity index (χ1) is 11.5. The average molecular weight is 380 g/mol. The maximum absolute atomic E-state index is 10.9. The number of carboxylic acid groups (broad SMARTS) is 1. The van der Waals surface area contributed by atoms with Crippen LogP contribution in [-0.4, -0.2) is 16.1 Å². The topological polar surface area (TPSA) is 59.4 Å². The highest BCUT2D eigenvalue weighted by Crippen LogP contribution is 2.29. The molecule has 4 nitrogen and oxygen atoms in total. The van der Waals surface area contributed by atoms with Gasteiger partial charge in [0.2, 0.25) is 0 Å². The summed E-state index contributed by atoms with van der Waals surface area (Å²) in [5.41, 5.74) is 1.54. The molecule has 1 heterocycles. The maximum Gasteiger partial charge on any atom is 0.355 e. The monoisotopic (exact) mass is 379 g/mol. The summed E-state index contributed by atoms with van der Waals surface area (Å²) in [4.78, 5) is 15.0. The van der Waals surface area contributed by atoms with E-state index in [-0.39, 0.29) is 12.3 Å². The predicted octanol–water partition coefficient (Wildman–Crippen LogP) is 5.39. The van der Waals surface area contributed by atoms with Gasteiger partial charge in [0.25, 0.3) is 0 Å². The van der Waals surface area contributed by atoms with Crippen molar-refractivity contribution >= 4 is 40.5 Å². The number of benzene rings is 2. The molecule has 0 atom stereocenters. The molecular formula is C17H11Cl2NO3S. The highest BCUT2D eigenvalue weighted by molar-refractivity contribution is 7.13. The van der Waals surface area contributed by atoms with E-state index in [2.05, 4.69) is 4.98 Å². The Morgan fingerprint density at radius 2 is 1.88 bits per heavy atom. The fourth-order valence-electron chi connectivity index (χ4n) is 2.05. The number of rotatable bonds is 5. The number of aromatic carboxylic acids is 1. The lowest BCUT2D eigenvalue weighted by molar-refractivity contribution is 0.0691. The highest BCUT2D eigenvalue weighted by Gasteiger charge is 2.11. The molecule has 7 heteroatoms. The van der Waals surface area contributed by atoms with Gasteiger partial charge in [-0.05, 0) is 24.3 Å². The molecule has 0 aliphatic carbocycles. The molecule has 0 spiro atoms. The summed E-state index contributed by atoms with van der Waals surface area (Å²) in [6, 6.07) is 12.6. The molecule has 2 aromatic carbocycles. The van der Waals surface area contributed by atoms with E-state index < -0.39 is 5.97 Å². The molecular weight excluding hydrogens is 369 g/mol. The van der Waals surface area contributed by atoms with Gasteiger partial charge >= 0.3 is 5.97 Å². The smallest absolute Gasteiger partial charge is 0.355 e. The lowest BCUT2D eigenvalue weighted by Gasteiger charge is -2.10. The Morgan fingerprint density at radius 3 is 2.54 bits per heavy atom. The number of nitrogens with zero attached hydrogens (tertiary/aromatic N) is 1. The van der Waals surface area contributed by atoms with Crippen LogP contribution in [0.25, 0.3) is 10.6 Å². The zero-order chi connectivity index (χ0) is 17.1. The number of ether oxygens (including phenoxy) is 1. The van der Waals surface area contributed by atoms with Crippen molar-refractivity contribution in [2.75, 3.05) is 0 Å². The molecule has 0 radical (unpaired) electrons. The molecule has 1 N–H and O–H groups in total. The second-order valence-corrected chi connectivity index (χ2v) is 6.53. The Labute approximate surface area is 152 Å².